The largest absolute Gasteiger partial charge is 0.398 e. The Hall–Kier alpha value is -1.82. The van der Waals surface area contributed by atoms with Crippen LogP contribution in [0.1, 0.15) is 22.8 Å². The zero-order chi connectivity index (χ0) is 9.14. The van der Waals surface area contributed by atoms with Gasteiger partial charge in [0.2, 0.25) is 0 Å². The van der Waals surface area contributed by atoms with E-state index in [-0.39, 0.29) is 11.3 Å². The monoisotopic (exact) mass is 160 g/mol. The van der Waals surface area contributed by atoms with Gasteiger partial charge in [0.05, 0.1) is 11.3 Å². The Balaban J connectivity index is 3.40. The maximum absolute atomic E-state index is 11.0. The fourth-order valence-corrected chi connectivity index (χ4v) is 0.988. The van der Waals surface area contributed by atoms with Gasteiger partial charge in [-0.3, -0.25) is 4.79 Å². The van der Waals surface area contributed by atoms with Gasteiger partial charge in [0.25, 0.3) is 0 Å². The lowest BCUT2D eigenvalue weighted by atomic mass is 10.0. The first-order chi connectivity index (χ1) is 5.66. The normalized spacial score (nSPS) is 9.00. The summed E-state index contributed by atoms with van der Waals surface area (Å²) in [5.74, 6) is -0.140. The Morgan fingerprint density at radius 2 is 2.25 bits per heavy atom. The third kappa shape index (κ3) is 1.28. The standard InChI is InChI=1S/C9H8N2O/c1-6(12)7-3-2-4-9(11)8(7)5-10/h2-4H,11H2,1H3. The summed E-state index contributed by atoms with van der Waals surface area (Å²) in [5, 5.41) is 8.67. The fraction of sp³-hybridized carbons (Fsp3) is 0.111. The van der Waals surface area contributed by atoms with Gasteiger partial charge in [-0.05, 0) is 19.1 Å². The molecule has 12 heavy (non-hydrogen) atoms. The number of carbonyl (C=O) groups is 1. The van der Waals surface area contributed by atoms with E-state index in [9.17, 15) is 4.79 Å². The predicted molar refractivity (Wildman–Crippen MR) is 45.6 cm³/mol. The SMILES string of the molecule is CC(=O)c1cccc(N)c1C#N. The molecule has 0 atom stereocenters. The Labute approximate surface area is 70.4 Å². The fourth-order valence-electron chi connectivity index (χ4n) is 0.988. The summed E-state index contributed by atoms with van der Waals surface area (Å²) in [4.78, 5) is 11.0. The molecule has 0 spiro atoms. The van der Waals surface area contributed by atoms with Crippen LogP contribution in [0, 0.1) is 11.3 Å². The average molecular weight is 160 g/mol. The second kappa shape index (κ2) is 3.05. The number of hydrogen-bond acceptors (Lipinski definition) is 3. The van der Waals surface area contributed by atoms with Crippen molar-refractivity contribution >= 4 is 11.5 Å². The van der Waals surface area contributed by atoms with Crippen LogP contribution in [0.15, 0.2) is 18.2 Å². The molecule has 0 heterocycles. The van der Waals surface area contributed by atoms with E-state index < -0.39 is 0 Å². The van der Waals surface area contributed by atoms with Crippen molar-refractivity contribution in [2.75, 3.05) is 5.73 Å². The molecule has 1 aromatic carbocycles. The van der Waals surface area contributed by atoms with Gasteiger partial charge >= 0.3 is 0 Å². The molecule has 0 aromatic heterocycles. The number of hydrogen-bond donors (Lipinski definition) is 1. The molecule has 0 aliphatic carbocycles. The van der Waals surface area contributed by atoms with Crippen molar-refractivity contribution in [2.24, 2.45) is 0 Å². The van der Waals surface area contributed by atoms with Crippen molar-refractivity contribution in [3.05, 3.63) is 29.3 Å². The van der Waals surface area contributed by atoms with Gasteiger partial charge < -0.3 is 5.73 Å². The van der Waals surface area contributed by atoms with Gasteiger partial charge in [-0.2, -0.15) is 5.26 Å². The molecule has 1 aromatic rings. The van der Waals surface area contributed by atoms with E-state index in [1.165, 1.54) is 6.92 Å². The van der Waals surface area contributed by atoms with Crippen LogP contribution in [0.4, 0.5) is 5.69 Å². The molecular weight excluding hydrogens is 152 g/mol. The molecule has 60 valence electrons. The molecule has 2 N–H and O–H groups in total. The molecule has 0 bridgehead atoms. The number of carbonyl (C=O) groups excluding carboxylic acids is 1. The van der Waals surface area contributed by atoms with Gasteiger partial charge in [0.15, 0.2) is 5.78 Å². The van der Waals surface area contributed by atoms with Crippen LogP contribution in [0.5, 0.6) is 0 Å². The zero-order valence-corrected chi connectivity index (χ0v) is 6.66. The van der Waals surface area contributed by atoms with Crippen LogP contribution in [-0.2, 0) is 0 Å². The van der Waals surface area contributed by atoms with E-state index in [1.807, 2.05) is 6.07 Å². The van der Waals surface area contributed by atoms with Crippen molar-refractivity contribution < 1.29 is 4.79 Å². The molecule has 1 rings (SSSR count). The van der Waals surface area contributed by atoms with Crippen molar-refractivity contribution in [3.63, 3.8) is 0 Å². The number of nitrogen functional groups attached to an aromatic ring is 1. The van der Waals surface area contributed by atoms with Crippen LogP contribution in [0.25, 0.3) is 0 Å². The minimum Gasteiger partial charge on any atom is -0.398 e. The Morgan fingerprint density at radius 3 is 2.67 bits per heavy atom. The number of ketones is 1. The summed E-state index contributed by atoms with van der Waals surface area (Å²) in [6.07, 6.45) is 0. The minimum atomic E-state index is -0.140. The zero-order valence-electron chi connectivity index (χ0n) is 6.66. The summed E-state index contributed by atoms with van der Waals surface area (Å²) in [6.45, 7) is 1.41. The Morgan fingerprint density at radius 1 is 1.58 bits per heavy atom. The van der Waals surface area contributed by atoms with Gasteiger partial charge in [0.1, 0.15) is 6.07 Å². The lowest BCUT2D eigenvalue weighted by molar-refractivity contribution is 0.101. The van der Waals surface area contributed by atoms with Crippen molar-refractivity contribution in [1.82, 2.24) is 0 Å². The summed E-state index contributed by atoms with van der Waals surface area (Å²) in [5.41, 5.74) is 6.50. The minimum absolute atomic E-state index is 0.140. The third-order valence-electron chi connectivity index (χ3n) is 1.59. The first-order valence-electron chi connectivity index (χ1n) is 3.46. The number of anilines is 1. The highest BCUT2D eigenvalue weighted by molar-refractivity contribution is 5.98. The van der Waals surface area contributed by atoms with Crippen molar-refractivity contribution in [1.29, 1.82) is 5.26 Å². The number of nitrogens with two attached hydrogens (primary N) is 1. The second-order valence-corrected chi connectivity index (χ2v) is 2.44. The smallest absolute Gasteiger partial charge is 0.161 e. The molecular formula is C9H8N2O. The maximum Gasteiger partial charge on any atom is 0.161 e. The molecule has 0 aliphatic heterocycles. The molecule has 3 nitrogen and oxygen atoms in total. The van der Waals surface area contributed by atoms with E-state index in [1.54, 1.807) is 18.2 Å². The Bertz CT molecular complexity index is 363. The molecule has 0 aliphatic rings. The Kier molecular flexibility index (Phi) is 2.11. The number of Topliss-reactive ketones (excluding diaryl/α,β-unsaturated/α-hetero) is 1. The highest BCUT2D eigenvalue weighted by atomic mass is 16.1. The van der Waals surface area contributed by atoms with Crippen molar-refractivity contribution in [3.8, 4) is 6.07 Å². The molecule has 3 heteroatoms. The molecule has 0 unspecified atom stereocenters. The first kappa shape index (κ1) is 8.28. The lowest BCUT2D eigenvalue weighted by Crippen LogP contribution is -2.00. The molecule has 0 fully saturated rings. The first-order valence-corrected chi connectivity index (χ1v) is 3.46. The van der Waals surface area contributed by atoms with E-state index in [0.29, 0.717) is 11.3 Å². The van der Waals surface area contributed by atoms with Crippen LogP contribution in [-0.4, -0.2) is 5.78 Å². The predicted octanol–water partition coefficient (Wildman–Crippen LogP) is 1.34. The molecule has 0 saturated carbocycles. The number of nitrogens with zero attached hydrogens (tertiary/aromatic N) is 1. The number of benzene rings is 1. The van der Waals surface area contributed by atoms with Gasteiger partial charge in [-0.1, -0.05) is 6.07 Å². The summed E-state index contributed by atoms with van der Waals surface area (Å²) < 4.78 is 0. The highest BCUT2D eigenvalue weighted by Crippen LogP contribution is 2.15. The molecule has 0 saturated heterocycles. The summed E-state index contributed by atoms with van der Waals surface area (Å²) >= 11 is 0. The maximum atomic E-state index is 11.0. The highest BCUT2D eigenvalue weighted by Gasteiger charge is 2.08. The third-order valence-corrected chi connectivity index (χ3v) is 1.59. The van der Waals surface area contributed by atoms with E-state index in [4.69, 9.17) is 11.0 Å². The average Bonchev–Trinajstić information content (AvgIpc) is 2.03. The lowest BCUT2D eigenvalue weighted by Gasteiger charge is -2.00. The van der Waals surface area contributed by atoms with Crippen LogP contribution in [0.3, 0.4) is 0 Å². The van der Waals surface area contributed by atoms with Gasteiger partial charge in [-0.25, -0.2) is 0 Å². The van der Waals surface area contributed by atoms with Crippen molar-refractivity contribution in [2.45, 2.75) is 6.92 Å². The van der Waals surface area contributed by atoms with E-state index in [2.05, 4.69) is 0 Å². The summed E-state index contributed by atoms with van der Waals surface area (Å²) in [6, 6.07) is 6.76. The molecule has 0 radical (unpaired) electrons. The molecule has 0 amide bonds. The van der Waals surface area contributed by atoms with Gasteiger partial charge in [0, 0.05) is 5.56 Å². The van der Waals surface area contributed by atoms with Crippen LogP contribution < -0.4 is 5.73 Å². The second-order valence-electron chi connectivity index (χ2n) is 2.44. The topological polar surface area (TPSA) is 66.9 Å². The summed E-state index contributed by atoms with van der Waals surface area (Å²) in [7, 11) is 0. The number of rotatable bonds is 1. The van der Waals surface area contributed by atoms with Crippen LogP contribution in [0.2, 0.25) is 0 Å². The van der Waals surface area contributed by atoms with Gasteiger partial charge in [-0.15, -0.1) is 0 Å². The van der Waals surface area contributed by atoms with E-state index in [0.717, 1.165) is 0 Å². The quantitative estimate of drug-likeness (QED) is 0.498. The number of nitriles is 1. The van der Waals surface area contributed by atoms with Crippen LogP contribution >= 0.6 is 0 Å². The van der Waals surface area contributed by atoms with E-state index >= 15 is 0 Å².